The fourth-order valence-electron chi connectivity index (χ4n) is 1.18. The van der Waals surface area contributed by atoms with Crippen molar-refractivity contribution < 1.29 is 14.6 Å². The minimum Gasteiger partial charge on any atom is -0.466 e. The van der Waals surface area contributed by atoms with Crippen LogP contribution in [0.1, 0.15) is 6.42 Å². The molecule has 0 aliphatic carbocycles. The summed E-state index contributed by atoms with van der Waals surface area (Å²) in [6, 6.07) is 0. The van der Waals surface area contributed by atoms with Gasteiger partial charge in [-0.25, -0.2) is 4.79 Å². The predicted octanol–water partition coefficient (Wildman–Crippen LogP) is 0.991. The first kappa shape index (κ1) is 11.4. The summed E-state index contributed by atoms with van der Waals surface area (Å²) in [7, 11) is 1.25. The van der Waals surface area contributed by atoms with Crippen LogP contribution in [-0.2, 0) is 9.53 Å². The van der Waals surface area contributed by atoms with E-state index >= 15 is 0 Å². The Morgan fingerprint density at radius 3 is 3.13 bits per heavy atom. The van der Waals surface area contributed by atoms with E-state index in [9.17, 15) is 9.90 Å². The molecule has 0 bridgehead atoms. The van der Waals surface area contributed by atoms with Crippen molar-refractivity contribution >= 4 is 12.2 Å². The molecule has 4 nitrogen and oxygen atoms in total. The first-order valence-electron chi connectivity index (χ1n) is 4.49. The molecule has 0 aromatic rings. The van der Waals surface area contributed by atoms with Gasteiger partial charge in [0.1, 0.15) is 6.10 Å². The maximum Gasteiger partial charge on any atom is 0.336 e. The second-order valence-corrected chi connectivity index (χ2v) is 3.05. The molecule has 4 heteroatoms. The van der Waals surface area contributed by atoms with Crippen LogP contribution in [0.3, 0.4) is 0 Å². The average molecular weight is 207 g/mol. The molecule has 15 heavy (non-hydrogen) atoms. The second-order valence-electron chi connectivity index (χ2n) is 3.05. The number of hydrogen-bond acceptors (Lipinski definition) is 4. The molecule has 1 heterocycles. The van der Waals surface area contributed by atoms with Gasteiger partial charge in [0.2, 0.25) is 0 Å². The highest BCUT2D eigenvalue weighted by molar-refractivity contribution is 5.90. The molecule has 0 amide bonds. The van der Waals surface area contributed by atoms with E-state index in [0.29, 0.717) is 12.0 Å². The molecule has 0 spiro atoms. The average Bonchev–Trinajstić information content (AvgIpc) is 2.54. The van der Waals surface area contributed by atoms with Gasteiger partial charge in [-0.1, -0.05) is 12.7 Å². The molecule has 0 saturated heterocycles. The first-order chi connectivity index (χ1) is 7.16. The van der Waals surface area contributed by atoms with Crippen molar-refractivity contribution in [3.8, 4) is 0 Å². The summed E-state index contributed by atoms with van der Waals surface area (Å²) in [4.78, 5) is 15.0. The van der Waals surface area contributed by atoms with Crippen molar-refractivity contribution in [1.82, 2.24) is 0 Å². The van der Waals surface area contributed by atoms with Crippen molar-refractivity contribution in [2.24, 2.45) is 4.99 Å². The molecule has 0 aromatic carbocycles. The molecule has 80 valence electrons. The molecule has 1 unspecified atom stereocenters. The minimum atomic E-state index is -1.01. The Morgan fingerprint density at radius 1 is 1.73 bits per heavy atom. The molecule has 0 fully saturated rings. The van der Waals surface area contributed by atoms with Gasteiger partial charge in [-0.05, 0) is 18.1 Å². The Labute approximate surface area is 88.3 Å². The van der Waals surface area contributed by atoms with Crippen LogP contribution < -0.4 is 0 Å². The van der Waals surface area contributed by atoms with E-state index in [1.807, 2.05) is 0 Å². The van der Waals surface area contributed by atoms with Crippen molar-refractivity contribution in [2.45, 2.75) is 12.5 Å². The Morgan fingerprint density at radius 2 is 2.47 bits per heavy atom. The first-order valence-corrected chi connectivity index (χ1v) is 4.49. The Hall–Kier alpha value is -1.68. The molecule has 1 rings (SSSR count). The third-order valence-corrected chi connectivity index (χ3v) is 2.05. The molecule has 1 atom stereocenters. The number of nitrogens with zero attached hydrogens (tertiary/aromatic N) is 1. The molecule has 1 aliphatic rings. The van der Waals surface area contributed by atoms with Gasteiger partial charge in [0.05, 0.1) is 12.7 Å². The summed E-state index contributed by atoms with van der Waals surface area (Å²) in [6.45, 7) is 3.50. The van der Waals surface area contributed by atoms with Gasteiger partial charge in [-0.2, -0.15) is 0 Å². The lowest BCUT2D eigenvalue weighted by Crippen LogP contribution is -2.20. The number of ether oxygens (including phenoxy) is 1. The lowest BCUT2D eigenvalue weighted by molar-refractivity contribution is -0.137. The largest absolute Gasteiger partial charge is 0.466 e. The fraction of sp³-hybridized carbons (Fsp3) is 0.273. The zero-order valence-corrected chi connectivity index (χ0v) is 8.51. The van der Waals surface area contributed by atoms with Crippen LogP contribution in [0.4, 0.5) is 0 Å². The summed E-state index contributed by atoms with van der Waals surface area (Å²) in [5.74, 6) is -0.603. The van der Waals surface area contributed by atoms with E-state index in [-0.39, 0.29) is 5.57 Å². The number of esters is 1. The van der Waals surface area contributed by atoms with E-state index in [0.717, 1.165) is 0 Å². The van der Waals surface area contributed by atoms with Gasteiger partial charge < -0.3 is 9.84 Å². The predicted molar refractivity (Wildman–Crippen MR) is 57.5 cm³/mol. The number of hydrogen-bond donors (Lipinski definition) is 1. The van der Waals surface area contributed by atoms with E-state index in [1.165, 1.54) is 7.11 Å². The van der Waals surface area contributed by atoms with Crippen LogP contribution in [0.2, 0.25) is 0 Å². The highest BCUT2D eigenvalue weighted by atomic mass is 16.5. The van der Waals surface area contributed by atoms with E-state index in [2.05, 4.69) is 16.3 Å². The fourth-order valence-corrected chi connectivity index (χ4v) is 1.18. The number of carbonyl (C=O) groups is 1. The number of aliphatic imine (C=N–C) groups is 1. The number of allylic oxidation sites excluding steroid dienone is 2. The lowest BCUT2D eigenvalue weighted by atomic mass is 10.00. The molecule has 1 aliphatic heterocycles. The maximum atomic E-state index is 11.1. The second kappa shape index (κ2) is 5.26. The van der Waals surface area contributed by atoms with Crippen LogP contribution >= 0.6 is 0 Å². The normalized spacial score (nSPS) is 16.5. The van der Waals surface area contributed by atoms with E-state index < -0.39 is 12.1 Å². The van der Waals surface area contributed by atoms with Gasteiger partial charge >= 0.3 is 5.97 Å². The molecule has 1 N–H and O–H groups in total. The summed E-state index contributed by atoms with van der Waals surface area (Å²) in [6.07, 6.45) is 6.19. The van der Waals surface area contributed by atoms with E-state index in [1.54, 1.807) is 24.6 Å². The minimum absolute atomic E-state index is 0.0347. The standard InChI is InChI=1S/C11H13NO3/c1-8(11(14)15-2)10(13)9-4-3-6-12-7-5-9/h3,5-7,10,13H,1,4H2,2H3. The maximum absolute atomic E-state index is 11.1. The van der Waals surface area contributed by atoms with Crippen molar-refractivity contribution in [3.63, 3.8) is 0 Å². The van der Waals surface area contributed by atoms with Crippen LogP contribution in [0.25, 0.3) is 0 Å². The number of aliphatic hydroxyl groups is 1. The zero-order chi connectivity index (χ0) is 11.3. The third-order valence-electron chi connectivity index (χ3n) is 2.05. The van der Waals surface area contributed by atoms with Crippen LogP contribution in [-0.4, -0.2) is 30.5 Å². The van der Waals surface area contributed by atoms with Gasteiger partial charge in [0, 0.05) is 12.4 Å². The van der Waals surface area contributed by atoms with Gasteiger partial charge in [0.25, 0.3) is 0 Å². The van der Waals surface area contributed by atoms with Gasteiger partial charge in [0.15, 0.2) is 0 Å². The van der Waals surface area contributed by atoms with Crippen molar-refractivity contribution in [2.75, 3.05) is 7.11 Å². The van der Waals surface area contributed by atoms with Crippen LogP contribution in [0, 0.1) is 0 Å². The van der Waals surface area contributed by atoms with E-state index in [4.69, 9.17) is 0 Å². The summed E-state index contributed by atoms with van der Waals surface area (Å²) < 4.78 is 4.48. The van der Waals surface area contributed by atoms with Gasteiger partial charge in [-0.15, -0.1) is 0 Å². The van der Waals surface area contributed by atoms with Gasteiger partial charge in [-0.3, -0.25) is 4.99 Å². The molecule has 0 saturated carbocycles. The number of carbonyl (C=O) groups excluding carboxylic acids is 1. The summed E-state index contributed by atoms with van der Waals surface area (Å²) in [5.41, 5.74) is 0.704. The highest BCUT2D eigenvalue weighted by Gasteiger charge is 2.20. The quantitative estimate of drug-likeness (QED) is 0.554. The topological polar surface area (TPSA) is 58.9 Å². The monoisotopic (exact) mass is 207 g/mol. The summed E-state index contributed by atoms with van der Waals surface area (Å²) in [5, 5.41) is 9.80. The number of rotatable bonds is 3. The number of methoxy groups -OCH3 is 1. The number of aliphatic hydroxyl groups excluding tert-OH is 1. The molecular formula is C11H13NO3. The Kier molecular flexibility index (Phi) is 4.00. The summed E-state index contributed by atoms with van der Waals surface area (Å²) >= 11 is 0. The van der Waals surface area contributed by atoms with Crippen LogP contribution in [0.15, 0.2) is 41.1 Å². The lowest BCUT2D eigenvalue weighted by Gasteiger charge is -2.13. The van der Waals surface area contributed by atoms with Crippen molar-refractivity contribution in [1.29, 1.82) is 0 Å². The molecule has 0 aromatic heterocycles. The third kappa shape index (κ3) is 2.89. The smallest absolute Gasteiger partial charge is 0.336 e. The molecule has 0 radical (unpaired) electrons. The Bertz CT molecular complexity index is 353. The zero-order valence-electron chi connectivity index (χ0n) is 8.51. The molecular weight excluding hydrogens is 194 g/mol. The van der Waals surface area contributed by atoms with Crippen LogP contribution in [0.5, 0.6) is 0 Å². The SMILES string of the molecule is C=C(C(=O)OC)C(O)C1=CC=NC=CC1. The Balaban J connectivity index is 2.76. The van der Waals surface area contributed by atoms with Crippen molar-refractivity contribution in [3.05, 3.63) is 36.1 Å². The highest BCUT2D eigenvalue weighted by Crippen LogP contribution is 2.16.